The molecule has 3 heterocycles. The number of nitriles is 1. The van der Waals surface area contributed by atoms with E-state index in [9.17, 15) is 10.1 Å². The fourth-order valence-corrected chi connectivity index (χ4v) is 7.33. The summed E-state index contributed by atoms with van der Waals surface area (Å²) in [6.45, 7) is 3.53. The minimum atomic E-state index is -0.378. The van der Waals surface area contributed by atoms with E-state index in [1.165, 1.54) is 0 Å². The molecule has 4 N–H and O–H groups in total. The highest BCUT2D eigenvalue weighted by atomic mass is 35.5. The van der Waals surface area contributed by atoms with Crippen LogP contribution in [0.1, 0.15) is 47.4 Å². The molecule has 246 valence electrons. The minimum Gasteiger partial charge on any atom is -0.370 e. The Bertz CT molecular complexity index is 2230. The van der Waals surface area contributed by atoms with Crippen LogP contribution in [0.25, 0.3) is 33.4 Å². The topological polar surface area (TPSA) is 116 Å². The standard InChI is InChI=1S/C38H32Cl3N7O/c1-22(28-10-8-25(39)18-30(28)41)48-21-44-35(24-5-3-2-4-6-24)37(48)34-29-11-9-26(40)19-31(29)45-36(34)38(49)46-32-17-23(20-42)7-12-33(32)47-15-13-27(43)14-16-47/h2-12,17-19,21-22,27,45H,13-16,43H2,1H3,(H,46,49)/t22-/m0/s1. The molecule has 1 aliphatic rings. The lowest BCUT2D eigenvalue weighted by atomic mass is 9.99. The number of halogens is 3. The second-order valence-corrected chi connectivity index (χ2v) is 13.5. The fraction of sp³-hybridized carbons (Fsp3) is 0.184. The number of aromatic amines is 1. The summed E-state index contributed by atoms with van der Waals surface area (Å²) in [7, 11) is 0. The van der Waals surface area contributed by atoms with Crippen molar-refractivity contribution in [3.8, 4) is 28.6 Å². The first-order chi connectivity index (χ1) is 23.7. The van der Waals surface area contributed by atoms with E-state index >= 15 is 0 Å². The summed E-state index contributed by atoms with van der Waals surface area (Å²) < 4.78 is 2.03. The molecule has 1 saturated heterocycles. The minimum absolute atomic E-state index is 0.141. The lowest BCUT2D eigenvalue weighted by molar-refractivity contribution is 0.102. The van der Waals surface area contributed by atoms with Crippen LogP contribution in [-0.4, -0.2) is 39.6 Å². The van der Waals surface area contributed by atoms with Crippen LogP contribution in [0.3, 0.4) is 0 Å². The number of nitrogens with zero attached hydrogens (tertiary/aromatic N) is 4. The van der Waals surface area contributed by atoms with Gasteiger partial charge in [0.1, 0.15) is 5.69 Å². The third-order valence-electron chi connectivity index (χ3n) is 9.15. The summed E-state index contributed by atoms with van der Waals surface area (Å²) in [5.74, 6) is -0.378. The number of hydrogen-bond donors (Lipinski definition) is 3. The highest BCUT2D eigenvalue weighted by molar-refractivity contribution is 6.35. The molecule has 4 aromatic carbocycles. The molecule has 7 rings (SSSR count). The number of carbonyl (C=O) groups is 1. The zero-order valence-corrected chi connectivity index (χ0v) is 28.8. The zero-order valence-electron chi connectivity index (χ0n) is 26.6. The van der Waals surface area contributed by atoms with Crippen molar-refractivity contribution in [1.29, 1.82) is 5.26 Å². The summed E-state index contributed by atoms with van der Waals surface area (Å²) >= 11 is 19.5. The monoisotopic (exact) mass is 707 g/mol. The molecular weight excluding hydrogens is 677 g/mol. The van der Waals surface area contributed by atoms with E-state index in [0.29, 0.717) is 48.8 Å². The van der Waals surface area contributed by atoms with Gasteiger partial charge in [-0.2, -0.15) is 5.26 Å². The highest BCUT2D eigenvalue weighted by Crippen LogP contribution is 2.42. The van der Waals surface area contributed by atoms with Gasteiger partial charge in [0, 0.05) is 56.2 Å². The van der Waals surface area contributed by atoms with Crippen LogP contribution < -0.4 is 16.0 Å². The van der Waals surface area contributed by atoms with E-state index < -0.39 is 0 Å². The second kappa shape index (κ2) is 13.6. The number of rotatable bonds is 7. The molecule has 1 atom stereocenters. The van der Waals surface area contributed by atoms with Gasteiger partial charge in [0.2, 0.25) is 0 Å². The molecule has 11 heteroatoms. The van der Waals surface area contributed by atoms with Gasteiger partial charge in [0.15, 0.2) is 0 Å². The molecule has 6 aromatic rings. The first kappa shape index (κ1) is 32.8. The lowest BCUT2D eigenvalue weighted by Gasteiger charge is -2.33. The Morgan fingerprint density at radius 1 is 1.00 bits per heavy atom. The number of amides is 1. The van der Waals surface area contributed by atoms with Crippen LogP contribution >= 0.6 is 34.8 Å². The van der Waals surface area contributed by atoms with Crippen LogP contribution in [0.4, 0.5) is 11.4 Å². The van der Waals surface area contributed by atoms with E-state index in [1.807, 2.05) is 66.1 Å². The van der Waals surface area contributed by atoms with Crippen molar-refractivity contribution in [2.75, 3.05) is 23.3 Å². The average molecular weight is 709 g/mol. The molecular formula is C38H32Cl3N7O. The van der Waals surface area contributed by atoms with E-state index in [0.717, 1.165) is 53.8 Å². The maximum atomic E-state index is 14.6. The third-order valence-corrected chi connectivity index (χ3v) is 9.95. The number of H-pyrrole nitrogens is 1. The summed E-state index contributed by atoms with van der Waals surface area (Å²) in [6.07, 6.45) is 3.45. The molecule has 0 spiro atoms. The molecule has 2 aromatic heterocycles. The van der Waals surface area contributed by atoms with Gasteiger partial charge in [-0.05, 0) is 67.8 Å². The zero-order chi connectivity index (χ0) is 34.2. The summed E-state index contributed by atoms with van der Waals surface area (Å²) in [6, 6.07) is 28.2. The number of nitrogens with two attached hydrogens (primary N) is 1. The van der Waals surface area contributed by atoms with Gasteiger partial charge in [-0.1, -0.05) is 77.3 Å². The lowest BCUT2D eigenvalue weighted by Crippen LogP contribution is -2.40. The van der Waals surface area contributed by atoms with Crippen molar-refractivity contribution in [2.24, 2.45) is 5.73 Å². The summed E-state index contributed by atoms with van der Waals surface area (Å²) in [4.78, 5) is 25.1. The predicted molar refractivity (Wildman–Crippen MR) is 199 cm³/mol. The molecule has 0 bridgehead atoms. The van der Waals surface area contributed by atoms with E-state index in [1.54, 1.807) is 36.7 Å². The number of nitrogens with one attached hydrogen (secondary N) is 2. The van der Waals surface area contributed by atoms with Gasteiger partial charge in [-0.15, -0.1) is 0 Å². The van der Waals surface area contributed by atoms with E-state index in [-0.39, 0.29) is 18.0 Å². The summed E-state index contributed by atoms with van der Waals surface area (Å²) in [5.41, 5.74) is 12.8. The normalized spacial score (nSPS) is 14.2. The number of anilines is 2. The Balaban J connectivity index is 1.41. The molecule has 1 fully saturated rings. The Hall–Kier alpha value is -4.78. The number of piperidine rings is 1. The van der Waals surface area contributed by atoms with Gasteiger partial charge in [-0.3, -0.25) is 4.79 Å². The Morgan fingerprint density at radius 2 is 1.73 bits per heavy atom. The Kier molecular flexibility index (Phi) is 9.10. The number of benzene rings is 4. The molecule has 1 amide bonds. The molecule has 0 unspecified atom stereocenters. The van der Waals surface area contributed by atoms with Crippen molar-refractivity contribution in [3.63, 3.8) is 0 Å². The SMILES string of the molecule is C[C@@H](c1ccc(Cl)cc1Cl)n1cnc(-c2ccccc2)c1-c1c(C(=O)Nc2cc(C#N)ccc2N2CCC(N)CC2)[nH]c2cc(Cl)ccc12. The molecule has 1 aliphatic heterocycles. The van der Waals surface area contributed by atoms with Crippen molar-refractivity contribution in [3.05, 3.63) is 123 Å². The van der Waals surface area contributed by atoms with Gasteiger partial charge in [0.25, 0.3) is 5.91 Å². The van der Waals surface area contributed by atoms with Gasteiger partial charge >= 0.3 is 0 Å². The Labute approximate surface area is 299 Å². The predicted octanol–water partition coefficient (Wildman–Crippen LogP) is 9.32. The molecule has 0 aliphatic carbocycles. The van der Waals surface area contributed by atoms with Crippen LogP contribution in [0.2, 0.25) is 15.1 Å². The third kappa shape index (κ3) is 6.39. The quantitative estimate of drug-likeness (QED) is 0.153. The first-order valence-corrected chi connectivity index (χ1v) is 17.1. The Morgan fingerprint density at radius 3 is 2.47 bits per heavy atom. The summed E-state index contributed by atoms with van der Waals surface area (Å²) in [5, 5.41) is 15.3. The van der Waals surface area contributed by atoms with Crippen LogP contribution in [0.15, 0.2) is 91.3 Å². The number of aromatic nitrogens is 3. The van der Waals surface area contributed by atoms with E-state index in [2.05, 4.69) is 21.3 Å². The van der Waals surface area contributed by atoms with Crippen LogP contribution in [0, 0.1) is 11.3 Å². The molecule has 8 nitrogen and oxygen atoms in total. The van der Waals surface area contributed by atoms with Crippen molar-refractivity contribution < 1.29 is 4.79 Å². The molecule has 0 saturated carbocycles. The van der Waals surface area contributed by atoms with Gasteiger partial charge in [-0.25, -0.2) is 4.98 Å². The molecule has 0 radical (unpaired) electrons. The number of carbonyl (C=O) groups excluding carboxylic acids is 1. The number of hydrogen-bond acceptors (Lipinski definition) is 5. The largest absolute Gasteiger partial charge is 0.370 e. The fourth-order valence-electron chi connectivity index (χ4n) is 6.59. The van der Waals surface area contributed by atoms with Crippen molar-refractivity contribution in [2.45, 2.75) is 31.8 Å². The smallest absolute Gasteiger partial charge is 0.272 e. The van der Waals surface area contributed by atoms with Crippen LogP contribution in [-0.2, 0) is 0 Å². The molecule has 49 heavy (non-hydrogen) atoms. The van der Waals surface area contributed by atoms with Crippen LogP contribution in [0.5, 0.6) is 0 Å². The van der Waals surface area contributed by atoms with Gasteiger partial charge < -0.3 is 25.5 Å². The highest BCUT2D eigenvalue weighted by Gasteiger charge is 2.29. The van der Waals surface area contributed by atoms with Crippen molar-refractivity contribution >= 4 is 63.0 Å². The number of fused-ring (bicyclic) bond motifs is 1. The first-order valence-electron chi connectivity index (χ1n) is 16.0. The maximum Gasteiger partial charge on any atom is 0.272 e. The van der Waals surface area contributed by atoms with Gasteiger partial charge in [0.05, 0.1) is 46.8 Å². The van der Waals surface area contributed by atoms with Crippen molar-refractivity contribution in [1.82, 2.24) is 14.5 Å². The maximum absolute atomic E-state index is 14.6. The van der Waals surface area contributed by atoms with E-state index in [4.69, 9.17) is 45.5 Å². The number of imidazole rings is 1. The average Bonchev–Trinajstić information content (AvgIpc) is 3.70. The second-order valence-electron chi connectivity index (χ2n) is 12.2.